The molecule has 2 aliphatic rings. The minimum atomic E-state index is 0.0404. The van der Waals surface area contributed by atoms with Crippen molar-refractivity contribution >= 4 is 5.91 Å². The Morgan fingerprint density at radius 3 is 2.62 bits per heavy atom. The van der Waals surface area contributed by atoms with E-state index < -0.39 is 0 Å². The zero-order valence-corrected chi connectivity index (χ0v) is 14.9. The third-order valence-electron chi connectivity index (χ3n) is 5.52. The fraction of sp³-hybridized carbons (Fsp3) is 0.650. The van der Waals surface area contributed by atoms with E-state index in [1.807, 2.05) is 0 Å². The first kappa shape index (κ1) is 17.4. The van der Waals surface area contributed by atoms with Crippen molar-refractivity contribution in [1.82, 2.24) is 15.1 Å². The SMILES string of the molecule is CC1CCCCN1C(CCc1ccccc1)C(=O)N1CCNCC1. The fourth-order valence-corrected chi connectivity index (χ4v) is 4.06. The van der Waals surface area contributed by atoms with Gasteiger partial charge in [0.2, 0.25) is 5.91 Å². The standard InChI is InChI=1S/C20H31N3O/c1-17-7-5-6-14-23(17)19(11-10-18-8-3-2-4-9-18)20(24)22-15-12-21-13-16-22/h2-4,8-9,17,19,21H,5-7,10-16H2,1H3. The molecule has 2 saturated heterocycles. The fourth-order valence-electron chi connectivity index (χ4n) is 4.06. The van der Waals surface area contributed by atoms with Gasteiger partial charge in [0.05, 0.1) is 6.04 Å². The van der Waals surface area contributed by atoms with Gasteiger partial charge in [0.1, 0.15) is 0 Å². The number of hydrogen-bond donors (Lipinski definition) is 1. The number of nitrogens with zero attached hydrogens (tertiary/aromatic N) is 2. The molecule has 3 rings (SSSR count). The molecule has 2 aliphatic heterocycles. The van der Waals surface area contributed by atoms with E-state index in [0.717, 1.165) is 45.6 Å². The zero-order valence-electron chi connectivity index (χ0n) is 14.9. The van der Waals surface area contributed by atoms with Gasteiger partial charge in [-0.15, -0.1) is 0 Å². The molecule has 4 nitrogen and oxygen atoms in total. The van der Waals surface area contributed by atoms with E-state index in [2.05, 4.69) is 52.4 Å². The lowest BCUT2D eigenvalue weighted by atomic mass is 9.96. The molecule has 0 bridgehead atoms. The van der Waals surface area contributed by atoms with E-state index in [1.54, 1.807) is 0 Å². The number of benzene rings is 1. The maximum Gasteiger partial charge on any atom is 0.240 e. The second-order valence-electron chi connectivity index (χ2n) is 7.20. The van der Waals surface area contributed by atoms with Gasteiger partial charge < -0.3 is 10.2 Å². The van der Waals surface area contributed by atoms with Crippen molar-refractivity contribution in [3.05, 3.63) is 35.9 Å². The second kappa shape index (κ2) is 8.63. The normalized spacial score (nSPS) is 23.9. The molecule has 1 aromatic carbocycles. The van der Waals surface area contributed by atoms with Crippen LogP contribution in [0.1, 0.15) is 38.2 Å². The van der Waals surface area contributed by atoms with E-state index in [1.165, 1.54) is 24.8 Å². The molecule has 1 N–H and O–H groups in total. The van der Waals surface area contributed by atoms with E-state index >= 15 is 0 Å². The number of carbonyl (C=O) groups excluding carboxylic acids is 1. The molecule has 4 heteroatoms. The molecular weight excluding hydrogens is 298 g/mol. The Labute approximate surface area is 146 Å². The van der Waals surface area contributed by atoms with Crippen molar-refractivity contribution < 1.29 is 4.79 Å². The van der Waals surface area contributed by atoms with Crippen LogP contribution in [-0.2, 0) is 11.2 Å². The number of amides is 1. The van der Waals surface area contributed by atoms with Crippen molar-refractivity contribution in [2.75, 3.05) is 32.7 Å². The molecule has 0 aromatic heterocycles. The molecule has 1 amide bonds. The Kier molecular flexibility index (Phi) is 6.27. The number of rotatable bonds is 5. The van der Waals surface area contributed by atoms with Crippen LogP contribution in [0.2, 0.25) is 0 Å². The van der Waals surface area contributed by atoms with Crippen molar-refractivity contribution in [3.8, 4) is 0 Å². The summed E-state index contributed by atoms with van der Waals surface area (Å²) in [6, 6.07) is 11.1. The minimum absolute atomic E-state index is 0.0404. The number of aryl methyl sites for hydroxylation is 1. The molecule has 2 heterocycles. The Hall–Kier alpha value is -1.39. The van der Waals surface area contributed by atoms with Crippen LogP contribution in [0.25, 0.3) is 0 Å². The number of nitrogens with one attached hydrogen (secondary N) is 1. The molecule has 1 aromatic rings. The molecule has 132 valence electrons. The summed E-state index contributed by atoms with van der Waals surface area (Å²) in [5.74, 6) is 0.348. The van der Waals surface area contributed by atoms with Gasteiger partial charge in [-0.05, 0) is 44.7 Å². The van der Waals surface area contributed by atoms with Crippen LogP contribution in [0.4, 0.5) is 0 Å². The third-order valence-corrected chi connectivity index (χ3v) is 5.52. The minimum Gasteiger partial charge on any atom is -0.339 e. The number of likely N-dealkylation sites (tertiary alicyclic amines) is 1. The van der Waals surface area contributed by atoms with Crippen LogP contribution in [0.5, 0.6) is 0 Å². The Bertz CT molecular complexity index is 513. The first-order valence-corrected chi connectivity index (χ1v) is 9.55. The van der Waals surface area contributed by atoms with Crippen LogP contribution in [0.15, 0.2) is 30.3 Å². The molecule has 2 atom stereocenters. The number of piperazine rings is 1. The van der Waals surface area contributed by atoms with Gasteiger partial charge in [-0.3, -0.25) is 9.69 Å². The highest BCUT2D eigenvalue weighted by atomic mass is 16.2. The summed E-state index contributed by atoms with van der Waals surface area (Å²) in [6.45, 7) is 6.91. The quantitative estimate of drug-likeness (QED) is 0.900. The predicted octanol–water partition coefficient (Wildman–Crippen LogP) is 2.29. The first-order valence-electron chi connectivity index (χ1n) is 9.55. The lowest BCUT2D eigenvalue weighted by Gasteiger charge is -2.41. The molecular formula is C20H31N3O. The van der Waals surface area contributed by atoms with Gasteiger partial charge in [-0.25, -0.2) is 0 Å². The van der Waals surface area contributed by atoms with E-state index in [0.29, 0.717) is 11.9 Å². The molecule has 0 radical (unpaired) electrons. The van der Waals surface area contributed by atoms with Gasteiger partial charge in [0.15, 0.2) is 0 Å². The summed E-state index contributed by atoms with van der Waals surface area (Å²) in [7, 11) is 0. The summed E-state index contributed by atoms with van der Waals surface area (Å²) in [5, 5.41) is 3.35. The Morgan fingerprint density at radius 2 is 1.92 bits per heavy atom. The highest BCUT2D eigenvalue weighted by Gasteiger charge is 2.33. The molecule has 2 unspecified atom stereocenters. The van der Waals surface area contributed by atoms with Gasteiger partial charge in [0.25, 0.3) is 0 Å². The highest BCUT2D eigenvalue weighted by molar-refractivity contribution is 5.82. The largest absolute Gasteiger partial charge is 0.339 e. The molecule has 2 fully saturated rings. The van der Waals surface area contributed by atoms with E-state index in [-0.39, 0.29) is 6.04 Å². The smallest absolute Gasteiger partial charge is 0.240 e. The second-order valence-corrected chi connectivity index (χ2v) is 7.20. The van der Waals surface area contributed by atoms with Crippen LogP contribution in [0.3, 0.4) is 0 Å². The van der Waals surface area contributed by atoms with Gasteiger partial charge in [-0.1, -0.05) is 36.8 Å². The van der Waals surface area contributed by atoms with Crippen molar-refractivity contribution in [2.24, 2.45) is 0 Å². The maximum absolute atomic E-state index is 13.2. The summed E-state index contributed by atoms with van der Waals surface area (Å²) in [5.41, 5.74) is 1.33. The van der Waals surface area contributed by atoms with Crippen molar-refractivity contribution in [1.29, 1.82) is 0 Å². The number of piperidine rings is 1. The van der Waals surface area contributed by atoms with Gasteiger partial charge in [-0.2, -0.15) is 0 Å². The zero-order chi connectivity index (χ0) is 16.8. The predicted molar refractivity (Wildman–Crippen MR) is 98.0 cm³/mol. The topological polar surface area (TPSA) is 35.6 Å². The van der Waals surface area contributed by atoms with Crippen molar-refractivity contribution in [2.45, 2.75) is 51.1 Å². The van der Waals surface area contributed by atoms with Crippen LogP contribution < -0.4 is 5.32 Å². The lowest BCUT2D eigenvalue weighted by Crippen LogP contribution is -2.56. The molecule has 0 saturated carbocycles. The summed E-state index contributed by atoms with van der Waals surface area (Å²) < 4.78 is 0. The first-order chi connectivity index (χ1) is 11.8. The average molecular weight is 329 g/mol. The van der Waals surface area contributed by atoms with E-state index in [9.17, 15) is 4.79 Å². The molecule has 0 spiro atoms. The van der Waals surface area contributed by atoms with Crippen molar-refractivity contribution in [3.63, 3.8) is 0 Å². The summed E-state index contributed by atoms with van der Waals surface area (Å²) in [6.07, 6.45) is 5.65. The third kappa shape index (κ3) is 4.37. The van der Waals surface area contributed by atoms with Gasteiger partial charge in [0, 0.05) is 32.2 Å². The lowest BCUT2D eigenvalue weighted by molar-refractivity contribution is -0.139. The van der Waals surface area contributed by atoms with Gasteiger partial charge >= 0.3 is 0 Å². The van der Waals surface area contributed by atoms with Crippen LogP contribution in [0, 0.1) is 0 Å². The number of hydrogen-bond acceptors (Lipinski definition) is 3. The monoisotopic (exact) mass is 329 g/mol. The highest BCUT2D eigenvalue weighted by Crippen LogP contribution is 2.23. The Morgan fingerprint density at radius 1 is 1.17 bits per heavy atom. The maximum atomic E-state index is 13.2. The van der Waals surface area contributed by atoms with Crippen LogP contribution in [-0.4, -0.2) is 60.5 Å². The molecule has 0 aliphatic carbocycles. The summed E-state index contributed by atoms with van der Waals surface area (Å²) >= 11 is 0. The Balaban J connectivity index is 1.70. The average Bonchev–Trinajstić information content (AvgIpc) is 2.64. The summed E-state index contributed by atoms with van der Waals surface area (Å²) in [4.78, 5) is 17.8. The van der Waals surface area contributed by atoms with E-state index in [4.69, 9.17) is 0 Å². The molecule has 24 heavy (non-hydrogen) atoms. The van der Waals surface area contributed by atoms with Crippen LogP contribution >= 0.6 is 0 Å². The number of carbonyl (C=O) groups is 1.